The molecule has 2 rings (SSSR count). The standard InChI is InChI=1S/C21H35N2O2.ClH/c1-6-23(5,7-2)14-13-22-20(24)18-12-11-17(10-8-9-16(3)4)15-19(18)21(22)25;/h9,11,18-19H,6-8,10,12-15H2,1-5H3;1H/q+1;/p-1. The normalized spacial score (nSPS) is 22.7. The van der Waals surface area contributed by atoms with Gasteiger partial charge in [-0.25, -0.2) is 0 Å². The summed E-state index contributed by atoms with van der Waals surface area (Å²) in [6.07, 6.45) is 8.01. The van der Waals surface area contributed by atoms with E-state index in [0.717, 1.165) is 49.8 Å². The Kier molecular flexibility index (Phi) is 8.55. The fourth-order valence-corrected chi connectivity index (χ4v) is 3.86. The van der Waals surface area contributed by atoms with Crippen LogP contribution in [0.5, 0.6) is 0 Å². The Morgan fingerprint density at radius 1 is 1.19 bits per heavy atom. The lowest BCUT2D eigenvalue weighted by molar-refractivity contribution is -0.905. The van der Waals surface area contributed by atoms with Gasteiger partial charge in [0, 0.05) is 0 Å². The molecule has 0 aromatic heterocycles. The third-order valence-corrected chi connectivity index (χ3v) is 6.20. The Hall–Kier alpha value is -1.13. The molecular formula is C21H35ClN2O2. The van der Waals surface area contributed by atoms with Crippen molar-refractivity contribution >= 4 is 11.8 Å². The molecule has 1 aliphatic carbocycles. The number of quaternary nitrogens is 1. The highest BCUT2D eigenvalue weighted by molar-refractivity contribution is 6.05. The van der Waals surface area contributed by atoms with Gasteiger partial charge in [0.1, 0.15) is 0 Å². The van der Waals surface area contributed by atoms with E-state index in [2.05, 4.69) is 46.9 Å². The predicted molar refractivity (Wildman–Crippen MR) is 102 cm³/mol. The van der Waals surface area contributed by atoms with Crippen molar-refractivity contribution in [2.24, 2.45) is 11.8 Å². The lowest BCUT2D eigenvalue weighted by atomic mass is 9.80. The third-order valence-electron chi connectivity index (χ3n) is 6.20. The van der Waals surface area contributed by atoms with E-state index in [1.165, 1.54) is 11.1 Å². The van der Waals surface area contributed by atoms with Gasteiger partial charge in [0.05, 0.1) is 45.1 Å². The molecule has 4 nitrogen and oxygen atoms in total. The zero-order valence-electron chi connectivity index (χ0n) is 17.1. The SMILES string of the molecule is CC[N+](C)(CC)CCN1C(=O)C2CC=C(CCC=C(C)C)CC2C1=O.[Cl-]. The first kappa shape index (κ1) is 22.9. The van der Waals surface area contributed by atoms with E-state index in [-0.39, 0.29) is 36.1 Å². The van der Waals surface area contributed by atoms with Gasteiger partial charge in [-0.3, -0.25) is 14.5 Å². The van der Waals surface area contributed by atoms with E-state index in [1.54, 1.807) is 4.90 Å². The third kappa shape index (κ3) is 5.20. The molecule has 0 aromatic carbocycles. The number of amides is 2. The van der Waals surface area contributed by atoms with Crippen LogP contribution >= 0.6 is 0 Å². The number of carbonyl (C=O) groups excluding carboxylic acids is 2. The van der Waals surface area contributed by atoms with Crippen molar-refractivity contribution in [3.63, 3.8) is 0 Å². The number of imide groups is 1. The molecule has 1 aliphatic heterocycles. The van der Waals surface area contributed by atoms with Crippen molar-refractivity contribution in [2.45, 2.75) is 53.4 Å². The average Bonchev–Trinajstić information content (AvgIpc) is 2.83. The minimum atomic E-state index is -0.110. The molecule has 0 bridgehead atoms. The van der Waals surface area contributed by atoms with Crippen LogP contribution in [0, 0.1) is 11.8 Å². The van der Waals surface area contributed by atoms with Crippen LogP contribution in [-0.4, -0.2) is 54.4 Å². The number of hydrogen-bond acceptors (Lipinski definition) is 2. The summed E-state index contributed by atoms with van der Waals surface area (Å²) in [6.45, 7) is 12.0. The largest absolute Gasteiger partial charge is 1.00 e. The van der Waals surface area contributed by atoms with Crippen molar-refractivity contribution in [1.29, 1.82) is 0 Å². The van der Waals surface area contributed by atoms with Crippen molar-refractivity contribution < 1.29 is 26.5 Å². The summed E-state index contributed by atoms with van der Waals surface area (Å²) >= 11 is 0. The Morgan fingerprint density at radius 2 is 1.81 bits per heavy atom. The molecule has 0 saturated carbocycles. The number of fused-ring (bicyclic) bond motifs is 1. The minimum absolute atomic E-state index is 0. The first-order valence-electron chi connectivity index (χ1n) is 9.81. The summed E-state index contributed by atoms with van der Waals surface area (Å²) in [4.78, 5) is 27.1. The lowest BCUT2D eigenvalue weighted by Gasteiger charge is -2.33. The fourth-order valence-electron chi connectivity index (χ4n) is 3.86. The van der Waals surface area contributed by atoms with E-state index in [4.69, 9.17) is 0 Å². The highest BCUT2D eigenvalue weighted by Gasteiger charge is 2.48. The van der Waals surface area contributed by atoms with Gasteiger partial charge in [-0.05, 0) is 53.4 Å². The van der Waals surface area contributed by atoms with Crippen LogP contribution < -0.4 is 12.4 Å². The van der Waals surface area contributed by atoms with Crippen molar-refractivity contribution in [2.75, 3.05) is 33.2 Å². The van der Waals surface area contributed by atoms with Gasteiger partial charge in [0.25, 0.3) is 0 Å². The summed E-state index contributed by atoms with van der Waals surface area (Å²) in [5.74, 6) is -0.0853. The van der Waals surface area contributed by atoms with E-state index in [9.17, 15) is 9.59 Å². The molecule has 2 amide bonds. The summed E-state index contributed by atoms with van der Waals surface area (Å²) in [5, 5.41) is 0. The van der Waals surface area contributed by atoms with Gasteiger partial charge < -0.3 is 16.9 Å². The van der Waals surface area contributed by atoms with Crippen LogP contribution in [0.4, 0.5) is 0 Å². The molecule has 1 saturated heterocycles. The van der Waals surface area contributed by atoms with Crippen molar-refractivity contribution in [1.82, 2.24) is 4.90 Å². The van der Waals surface area contributed by atoms with E-state index in [0.29, 0.717) is 6.54 Å². The first-order chi connectivity index (χ1) is 11.8. The molecule has 5 heteroatoms. The van der Waals surface area contributed by atoms with Crippen molar-refractivity contribution in [3.05, 3.63) is 23.3 Å². The number of rotatable bonds is 8. The summed E-state index contributed by atoms with van der Waals surface area (Å²) in [6, 6.07) is 0. The number of carbonyl (C=O) groups is 2. The Labute approximate surface area is 165 Å². The van der Waals surface area contributed by atoms with Gasteiger partial charge in [0.2, 0.25) is 11.8 Å². The van der Waals surface area contributed by atoms with E-state index >= 15 is 0 Å². The molecule has 0 N–H and O–H groups in total. The molecular weight excluding hydrogens is 348 g/mol. The van der Waals surface area contributed by atoms with Gasteiger partial charge in [-0.15, -0.1) is 0 Å². The van der Waals surface area contributed by atoms with Crippen LogP contribution in [0.3, 0.4) is 0 Å². The molecule has 0 aromatic rings. The van der Waals surface area contributed by atoms with Crippen LogP contribution in [0.25, 0.3) is 0 Å². The number of likely N-dealkylation sites (N-methyl/N-ethyl adjacent to an activating group) is 1. The topological polar surface area (TPSA) is 37.4 Å². The second-order valence-corrected chi connectivity index (χ2v) is 8.14. The Bertz CT molecular complexity index is 575. The highest BCUT2D eigenvalue weighted by Crippen LogP contribution is 2.39. The minimum Gasteiger partial charge on any atom is -1.00 e. The molecule has 148 valence electrons. The second kappa shape index (κ2) is 9.70. The number of halogens is 1. The van der Waals surface area contributed by atoms with Gasteiger partial charge in [-0.2, -0.15) is 0 Å². The molecule has 1 fully saturated rings. The Balaban J connectivity index is 0.00000338. The number of allylic oxidation sites excluding steroid dienone is 4. The number of likely N-dealkylation sites (tertiary alicyclic amines) is 1. The first-order valence-corrected chi connectivity index (χ1v) is 9.81. The summed E-state index contributed by atoms with van der Waals surface area (Å²) < 4.78 is 0.901. The molecule has 0 spiro atoms. The van der Waals surface area contributed by atoms with Crippen LogP contribution in [0.1, 0.15) is 53.4 Å². The summed E-state index contributed by atoms with van der Waals surface area (Å²) in [5.41, 5.74) is 2.69. The predicted octanol–water partition coefficient (Wildman–Crippen LogP) is 0.545. The molecule has 26 heavy (non-hydrogen) atoms. The average molecular weight is 383 g/mol. The van der Waals surface area contributed by atoms with Gasteiger partial charge in [0.15, 0.2) is 0 Å². The molecule has 0 radical (unpaired) electrons. The molecule has 2 unspecified atom stereocenters. The smallest absolute Gasteiger partial charge is 0.233 e. The molecule has 1 heterocycles. The monoisotopic (exact) mass is 382 g/mol. The lowest BCUT2D eigenvalue weighted by Crippen LogP contribution is -3.00. The van der Waals surface area contributed by atoms with Crippen LogP contribution in [0.2, 0.25) is 0 Å². The highest BCUT2D eigenvalue weighted by atomic mass is 35.5. The maximum absolute atomic E-state index is 12.8. The fraction of sp³-hybridized carbons (Fsp3) is 0.714. The van der Waals surface area contributed by atoms with E-state index in [1.807, 2.05) is 0 Å². The summed E-state index contributed by atoms with van der Waals surface area (Å²) in [7, 11) is 2.20. The van der Waals surface area contributed by atoms with Gasteiger partial charge >= 0.3 is 0 Å². The zero-order valence-corrected chi connectivity index (χ0v) is 17.8. The second-order valence-electron chi connectivity index (χ2n) is 8.14. The molecule has 2 aliphatic rings. The Morgan fingerprint density at radius 3 is 2.38 bits per heavy atom. The van der Waals surface area contributed by atoms with Crippen LogP contribution in [0.15, 0.2) is 23.3 Å². The zero-order chi connectivity index (χ0) is 18.6. The maximum atomic E-state index is 12.8. The molecule has 2 atom stereocenters. The number of hydrogen-bond donors (Lipinski definition) is 0. The van der Waals surface area contributed by atoms with Gasteiger partial charge in [-0.1, -0.05) is 23.3 Å². The quantitative estimate of drug-likeness (QED) is 0.349. The van der Waals surface area contributed by atoms with E-state index < -0.39 is 0 Å². The maximum Gasteiger partial charge on any atom is 0.233 e. The van der Waals surface area contributed by atoms with Crippen LogP contribution in [-0.2, 0) is 9.59 Å². The number of nitrogens with zero attached hydrogens (tertiary/aromatic N) is 2. The van der Waals surface area contributed by atoms with Crippen molar-refractivity contribution in [3.8, 4) is 0 Å².